The fraction of sp³-hybridized carbons (Fsp3) is 0.480. The van der Waals surface area contributed by atoms with Crippen LogP contribution >= 0.6 is 0 Å². The fourth-order valence-corrected chi connectivity index (χ4v) is 3.62. The maximum absolute atomic E-state index is 13.0. The van der Waals surface area contributed by atoms with Gasteiger partial charge in [0, 0.05) is 39.1 Å². The minimum atomic E-state index is -0.461. The molecule has 168 valence electrons. The maximum Gasteiger partial charge on any atom is 0.410 e. The summed E-state index contributed by atoms with van der Waals surface area (Å²) in [5.41, 5.74) is 3.30. The zero-order valence-corrected chi connectivity index (χ0v) is 19.0. The third kappa shape index (κ3) is 7.24. The molecular weight excluding hydrogens is 395 g/mol. The van der Waals surface area contributed by atoms with Gasteiger partial charge in [-0.3, -0.25) is 4.90 Å². The Bertz CT molecular complexity index is 869. The highest BCUT2D eigenvalue weighted by Gasteiger charge is 2.25. The predicted molar refractivity (Wildman–Crippen MR) is 120 cm³/mol. The molecule has 0 aliphatic carbocycles. The number of aryl methyl sites for hydroxylation is 1. The normalized spacial score (nSPS) is 15.1. The van der Waals surface area contributed by atoms with Crippen molar-refractivity contribution in [2.24, 2.45) is 0 Å². The first kappa shape index (κ1) is 23.1. The molecule has 5 nitrogen and oxygen atoms in total. The second-order valence-electron chi connectivity index (χ2n) is 9.06. The largest absolute Gasteiger partial charge is 0.493 e. The number of piperazine rings is 1. The zero-order valence-electron chi connectivity index (χ0n) is 19.0. The first-order chi connectivity index (χ1) is 14.7. The Kier molecular flexibility index (Phi) is 7.55. The lowest BCUT2D eigenvalue weighted by Crippen LogP contribution is -2.49. The van der Waals surface area contributed by atoms with Crippen LogP contribution in [0.4, 0.5) is 9.18 Å². The number of ether oxygens (including phenoxy) is 2. The summed E-state index contributed by atoms with van der Waals surface area (Å²) in [6.45, 7) is 12.3. The topological polar surface area (TPSA) is 42.0 Å². The van der Waals surface area contributed by atoms with Crippen molar-refractivity contribution in [2.45, 2.75) is 46.3 Å². The Morgan fingerprint density at radius 3 is 2.32 bits per heavy atom. The van der Waals surface area contributed by atoms with Crippen LogP contribution in [-0.4, -0.2) is 54.3 Å². The van der Waals surface area contributed by atoms with E-state index in [2.05, 4.69) is 30.0 Å². The van der Waals surface area contributed by atoms with E-state index in [9.17, 15) is 9.18 Å². The molecular formula is C25H33FN2O3. The second-order valence-corrected chi connectivity index (χ2v) is 9.06. The first-order valence-electron chi connectivity index (χ1n) is 10.9. The minimum Gasteiger partial charge on any atom is -0.493 e. The van der Waals surface area contributed by atoms with E-state index in [0.29, 0.717) is 25.4 Å². The Hall–Kier alpha value is -2.60. The van der Waals surface area contributed by atoms with Crippen molar-refractivity contribution in [1.82, 2.24) is 9.80 Å². The Morgan fingerprint density at radius 2 is 1.71 bits per heavy atom. The lowest BCUT2D eigenvalue weighted by molar-refractivity contribution is 0.0139. The van der Waals surface area contributed by atoms with Crippen LogP contribution in [-0.2, 0) is 17.7 Å². The summed E-state index contributed by atoms with van der Waals surface area (Å²) in [5.74, 6) is 0.422. The third-order valence-electron chi connectivity index (χ3n) is 5.29. The van der Waals surface area contributed by atoms with Crippen LogP contribution in [0.3, 0.4) is 0 Å². The van der Waals surface area contributed by atoms with Gasteiger partial charge in [0.15, 0.2) is 0 Å². The van der Waals surface area contributed by atoms with Crippen molar-refractivity contribution in [3.05, 3.63) is 65.0 Å². The van der Waals surface area contributed by atoms with E-state index in [1.165, 1.54) is 28.8 Å². The lowest BCUT2D eigenvalue weighted by Gasteiger charge is -2.35. The molecule has 0 saturated carbocycles. The van der Waals surface area contributed by atoms with E-state index in [4.69, 9.17) is 9.47 Å². The Labute approximate surface area is 184 Å². The molecule has 1 fully saturated rings. The van der Waals surface area contributed by atoms with Crippen LogP contribution < -0.4 is 4.74 Å². The van der Waals surface area contributed by atoms with Gasteiger partial charge in [0.05, 0.1) is 6.61 Å². The third-order valence-corrected chi connectivity index (χ3v) is 5.29. The summed E-state index contributed by atoms with van der Waals surface area (Å²) < 4.78 is 24.1. The number of carbonyl (C=O) groups excluding carboxylic acids is 1. The second kappa shape index (κ2) is 10.1. The minimum absolute atomic E-state index is 0.227. The van der Waals surface area contributed by atoms with Crippen molar-refractivity contribution in [2.75, 3.05) is 32.8 Å². The molecule has 0 spiro atoms. The smallest absolute Gasteiger partial charge is 0.410 e. The molecule has 31 heavy (non-hydrogen) atoms. The van der Waals surface area contributed by atoms with Crippen LogP contribution in [0.15, 0.2) is 42.5 Å². The molecule has 0 aromatic heterocycles. The van der Waals surface area contributed by atoms with Crippen LogP contribution in [0.5, 0.6) is 5.75 Å². The summed E-state index contributed by atoms with van der Waals surface area (Å²) in [4.78, 5) is 16.4. The highest BCUT2D eigenvalue weighted by atomic mass is 19.1. The zero-order chi connectivity index (χ0) is 22.4. The van der Waals surface area contributed by atoms with Gasteiger partial charge in [0.2, 0.25) is 0 Å². The molecule has 6 heteroatoms. The van der Waals surface area contributed by atoms with Crippen LogP contribution in [0, 0.1) is 12.7 Å². The van der Waals surface area contributed by atoms with Crippen molar-refractivity contribution in [1.29, 1.82) is 0 Å². The first-order valence-corrected chi connectivity index (χ1v) is 10.9. The van der Waals surface area contributed by atoms with Gasteiger partial charge in [-0.05, 0) is 68.7 Å². The Balaban J connectivity index is 1.45. The van der Waals surface area contributed by atoms with Gasteiger partial charge in [-0.2, -0.15) is 0 Å². The number of benzene rings is 2. The SMILES string of the molecule is Cc1cc(CN2CCN(C(=O)OC(C)(C)C)CC2)ccc1CCOc1ccc(F)cc1. The molecule has 2 aromatic rings. The van der Waals surface area contributed by atoms with E-state index >= 15 is 0 Å². The molecule has 1 heterocycles. The molecule has 1 amide bonds. The van der Waals surface area contributed by atoms with E-state index in [-0.39, 0.29) is 11.9 Å². The molecule has 0 N–H and O–H groups in total. The molecule has 0 radical (unpaired) electrons. The summed E-state index contributed by atoms with van der Waals surface area (Å²) in [7, 11) is 0. The number of hydrogen-bond acceptors (Lipinski definition) is 4. The van der Waals surface area contributed by atoms with Crippen molar-refractivity contribution in [3.8, 4) is 5.75 Å². The average Bonchev–Trinajstić information content (AvgIpc) is 2.70. The molecule has 1 aliphatic heterocycles. The van der Waals surface area contributed by atoms with Gasteiger partial charge < -0.3 is 14.4 Å². The average molecular weight is 429 g/mol. The lowest BCUT2D eigenvalue weighted by atomic mass is 10.0. The van der Waals surface area contributed by atoms with Gasteiger partial charge in [0.1, 0.15) is 17.2 Å². The molecule has 0 atom stereocenters. The Morgan fingerprint density at radius 1 is 1.03 bits per heavy atom. The number of carbonyl (C=O) groups is 1. The molecule has 1 saturated heterocycles. The highest BCUT2D eigenvalue weighted by molar-refractivity contribution is 5.68. The van der Waals surface area contributed by atoms with Gasteiger partial charge in [-0.25, -0.2) is 9.18 Å². The highest BCUT2D eigenvalue weighted by Crippen LogP contribution is 2.17. The summed E-state index contributed by atoms with van der Waals surface area (Å²) in [6, 6.07) is 12.7. The van der Waals surface area contributed by atoms with E-state index in [1.54, 1.807) is 17.0 Å². The number of amides is 1. The van der Waals surface area contributed by atoms with Crippen LogP contribution in [0.1, 0.15) is 37.5 Å². The fourth-order valence-electron chi connectivity index (χ4n) is 3.62. The number of rotatable bonds is 6. The summed E-state index contributed by atoms with van der Waals surface area (Å²) in [6.07, 6.45) is 0.577. The number of nitrogens with zero attached hydrogens (tertiary/aromatic N) is 2. The van der Waals surface area contributed by atoms with Crippen LogP contribution in [0.25, 0.3) is 0 Å². The van der Waals surface area contributed by atoms with Crippen LogP contribution in [0.2, 0.25) is 0 Å². The molecule has 2 aromatic carbocycles. The van der Waals surface area contributed by atoms with Crippen molar-refractivity contribution >= 4 is 6.09 Å². The van der Waals surface area contributed by atoms with E-state index in [1.807, 2.05) is 20.8 Å². The standard InChI is InChI=1S/C25H33FN2O3/c1-19-17-20(5-6-21(19)11-16-30-23-9-7-22(26)8-10-23)18-27-12-14-28(15-13-27)24(29)31-25(2,3)4/h5-10,17H,11-16,18H2,1-4H3. The number of hydrogen-bond donors (Lipinski definition) is 0. The molecule has 3 rings (SSSR count). The van der Waals surface area contributed by atoms with Crippen molar-refractivity contribution < 1.29 is 18.7 Å². The van der Waals surface area contributed by atoms with Gasteiger partial charge in [-0.1, -0.05) is 18.2 Å². The van der Waals surface area contributed by atoms with E-state index in [0.717, 1.165) is 26.1 Å². The molecule has 0 bridgehead atoms. The number of halogens is 1. The molecule has 0 unspecified atom stereocenters. The summed E-state index contributed by atoms with van der Waals surface area (Å²) in [5, 5.41) is 0. The molecule has 1 aliphatic rings. The van der Waals surface area contributed by atoms with E-state index < -0.39 is 5.60 Å². The van der Waals surface area contributed by atoms with Gasteiger partial charge in [-0.15, -0.1) is 0 Å². The van der Waals surface area contributed by atoms with Crippen molar-refractivity contribution in [3.63, 3.8) is 0 Å². The summed E-state index contributed by atoms with van der Waals surface area (Å²) >= 11 is 0. The predicted octanol–water partition coefficient (Wildman–Crippen LogP) is 4.81. The van der Waals surface area contributed by atoms with Gasteiger partial charge in [0.25, 0.3) is 0 Å². The maximum atomic E-state index is 13.0. The monoisotopic (exact) mass is 428 g/mol. The van der Waals surface area contributed by atoms with Gasteiger partial charge >= 0.3 is 6.09 Å². The quantitative estimate of drug-likeness (QED) is 0.662.